The highest BCUT2D eigenvalue weighted by atomic mass is 16.5. The highest BCUT2D eigenvalue weighted by Gasteiger charge is 2.28. The van der Waals surface area contributed by atoms with Crippen molar-refractivity contribution >= 4 is 5.97 Å². The van der Waals surface area contributed by atoms with Gasteiger partial charge in [-0.25, -0.2) is 4.79 Å². The Morgan fingerprint density at radius 3 is 2.75 bits per heavy atom. The highest BCUT2D eigenvalue weighted by molar-refractivity contribution is 5.86. The SMILES string of the molecule is COC(=O)c1ccc(C[N+]2(C)CCCC2)o1. The lowest BCUT2D eigenvalue weighted by Crippen LogP contribution is -2.39. The second-order valence-corrected chi connectivity index (χ2v) is 4.69. The maximum Gasteiger partial charge on any atom is 0.373 e. The number of hydrogen-bond acceptors (Lipinski definition) is 3. The molecule has 0 amide bonds. The molecule has 2 heterocycles. The number of esters is 1. The molecule has 1 aromatic heterocycles. The number of carbonyl (C=O) groups is 1. The summed E-state index contributed by atoms with van der Waals surface area (Å²) in [7, 11) is 3.59. The van der Waals surface area contributed by atoms with E-state index in [9.17, 15) is 4.79 Å². The number of methoxy groups -OCH3 is 1. The Bertz CT molecular complexity index is 377. The molecule has 4 heteroatoms. The first-order valence-corrected chi connectivity index (χ1v) is 5.63. The van der Waals surface area contributed by atoms with Crippen molar-refractivity contribution in [2.75, 3.05) is 27.2 Å². The third kappa shape index (κ3) is 2.27. The molecule has 4 nitrogen and oxygen atoms in total. The molecule has 2 rings (SSSR count). The van der Waals surface area contributed by atoms with Crippen LogP contribution in [0.1, 0.15) is 29.2 Å². The Labute approximate surface area is 95.4 Å². The number of quaternary nitrogens is 1. The van der Waals surface area contributed by atoms with E-state index in [1.165, 1.54) is 33.0 Å². The van der Waals surface area contributed by atoms with Gasteiger partial charge in [-0.05, 0) is 12.1 Å². The molecule has 0 bridgehead atoms. The van der Waals surface area contributed by atoms with E-state index >= 15 is 0 Å². The maximum absolute atomic E-state index is 11.2. The van der Waals surface area contributed by atoms with Crippen LogP contribution < -0.4 is 0 Å². The van der Waals surface area contributed by atoms with Gasteiger partial charge < -0.3 is 13.6 Å². The van der Waals surface area contributed by atoms with E-state index in [2.05, 4.69) is 11.8 Å². The third-order valence-electron chi connectivity index (χ3n) is 3.23. The summed E-state index contributed by atoms with van der Waals surface area (Å²) in [4.78, 5) is 11.2. The minimum absolute atomic E-state index is 0.295. The normalized spacial score (nSPS) is 18.6. The smallest absolute Gasteiger partial charge is 0.373 e. The van der Waals surface area contributed by atoms with Gasteiger partial charge in [0.15, 0.2) is 5.76 Å². The molecule has 1 aliphatic heterocycles. The molecular weight excluding hydrogens is 206 g/mol. The molecular formula is C12H18NO3+. The topological polar surface area (TPSA) is 39.4 Å². The number of rotatable bonds is 3. The molecule has 0 N–H and O–H groups in total. The predicted molar refractivity (Wildman–Crippen MR) is 58.9 cm³/mol. The van der Waals surface area contributed by atoms with Gasteiger partial charge in [-0.3, -0.25) is 0 Å². The van der Waals surface area contributed by atoms with Gasteiger partial charge in [0.05, 0.1) is 27.2 Å². The minimum Gasteiger partial charge on any atom is -0.463 e. The van der Waals surface area contributed by atoms with E-state index in [0.717, 1.165) is 16.8 Å². The molecule has 0 atom stereocenters. The first-order valence-electron chi connectivity index (χ1n) is 5.63. The van der Waals surface area contributed by atoms with E-state index in [1.807, 2.05) is 6.07 Å². The van der Waals surface area contributed by atoms with E-state index in [4.69, 9.17) is 4.42 Å². The summed E-state index contributed by atoms with van der Waals surface area (Å²) >= 11 is 0. The second-order valence-electron chi connectivity index (χ2n) is 4.69. The van der Waals surface area contributed by atoms with Crippen molar-refractivity contribution in [1.29, 1.82) is 0 Å². The average Bonchev–Trinajstić information content (AvgIpc) is 2.87. The fourth-order valence-electron chi connectivity index (χ4n) is 2.31. The monoisotopic (exact) mass is 224 g/mol. The number of nitrogens with zero attached hydrogens (tertiary/aromatic N) is 1. The summed E-state index contributed by atoms with van der Waals surface area (Å²) in [5.74, 6) is 0.753. The largest absolute Gasteiger partial charge is 0.463 e. The molecule has 1 fully saturated rings. The lowest BCUT2D eigenvalue weighted by Gasteiger charge is -2.27. The molecule has 1 aliphatic rings. The Balaban J connectivity index is 2.05. The average molecular weight is 224 g/mol. The first-order chi connectivity index (χ1) is 7.63. The standard InChI is InChI=1S/C12H18NO3/c1-13(7-3-4-8-13)9-10-5-6-11(16-10)12(14)15-2/h5-6H,3-4,7-9H2,1-2H3/q+1. The van der Waals surface area contributed by atoms with Gasteiger partial charge in [0.1, 0.15) is 6.54 Å². The highest BCUT2D eigenvalue weighted by Crippen LogP contribution is 2.21. The van der Waals surface area contributed by atoms with E-state index < -0.39 is 5.97 Å². The van der Waals surface area contributed by atoms with Crippen LogP contribution in [0.2, 0.25) is 0 Å². The molecule has 0 saturated carbocycles. The number of furan rings is 1. The lowest BCUT2D eigenvalue weighted by atomic mass is 10.3. The Morgan fingerprint density at radius 2 is 2.12 bits per heavy atom. The van der Waals surface area contributed by atoms with Gasteiger partial charge in [0, 0.05) is 12.8 Å². The van der Waals surface area contributed by atoms with Crippen LogP contribution in [0.5, 0.6) is 0 Å². The van der Waals surface area contributed by atoms with Gasteiger partial charge in [-0.2, -0.15) is 0 Å². The van der Waals surface area contributed by atoms with Crippen LogP contribution in [-0.4, -0.2) is 37.7 Å². The maximum atomic E-state index is 11.2. The summed E-state index contributed by atoms with van der Waals surface area (Å²) in [6.07, 6.45) is 2.56. The van der Waals surface area contributed by atoms with Crippen molar-refractivity contribution in [2.45, 2.75) is 19.4 Å². The fourth-order valence-corrected chi connectivity index (χ4v) is 2.31. The summed E-state index contributed by atoms with van der Waals surface area (Å²) in [6, 6.07) is 3.55. The van der Waals surface area contributed by atoms with Crippen molar-refractivity contribution in [3.63, 3.8) is 0 Å². The van der Waals surface area contributed by atoms with Gasteiger partial charge in [0.25, 0.3) is 0 Å². The molecule has 88 valence electrons. The quantitative estimate of drug-likeness (QED) is 0.580. The fraction of sp³-hybridized carbons (Fsp3) is 0.583. The first kappa shape index (κ1) is 11.2. The summed E-state index contributed by atoms with van der Waals surface area (Å²) in [5.41, 5.74) is 0. The van der Waals surface area contributed by atoms with Crippen molar-refractivity contribution in [3.8, 4) is 0 Å². The Morgan fingerprint density at radius 1 is 1.44 bits per heavy atom. The van der Waals surface area contributed by atoms with Crippen molar-refractivity contribution < 1.29 is 18.4 Å². The zero-order valence-corrected chi connectivity index (χ0v) is 9.86. The molecule has 0 radical (unpaired) electrons. The zero-order chi connectivity index (χ0) is 11.6. The van der Waals surface area contributed by atoms with Crippen LogP contribution in [0.25, 0.3) is 0 Å². The van der Waals surface area contributed by atoms with E-state index in [1.54, 1.807) is 6.07 Å². The van der Waals surface area contributed by atoms with Gasteiger partial charge in [0.2, 0.25) is 5.76 Å². The zero-order valence-electron chi connectivity index (χ0n) is 9.86. The van der Waals surface area contributed by atoms with Gasteiger partial charge in [-0.15, -0.1) is 0 Å². The van der Waals surface area contributed by atoms with Crippen LogP contribution in [0.15, 0.2) is 16.5 Å². The number of ether oxygens (including phenoxy) is 1. The van der Waals surface area contributed by atoms with Crippen molar-refractivity contribution in [1.82, 2.24) is 0 Å². The Kier molecular flexibility index (Phi) is 3.01. The van der Waals surface area contributed by atoms with Crippen molar-refractivity contribution in [2.24, 2.45) is 0 Å². The predicted octanol–water partition coefficient (Wildman–Crippen LogP) is 1.81. The number of likely N-dealkylation sites (tertiary alicyclic amines) is 1. The summed E-state index contributed by atoms with van der Waals surface area (Å²) < 4.78 is 11.1. The molecule has 1 saturated heterocycles. The van der Waals surface area contributed by atoms with E-state index in [-0.39, 0.29) is 0 Å². The number of hydrogen-bond donors (Lipinski definition) is 0. The number of carbonyl (C=O) groups excluding carboxylic acids is 1. The van der Waals surface area contributed by atoms with Crippen LogP contribution >= 0.6 is 0 Å². The Hall–Kier alpha value is -1.29. The lowest BCUT2D eigenvalue weighted by molar-refractivity contribution is -0.911. The van der Waals surface area contributed by atoms with Crippen LogP contribution in [0.3, 0.4) is 0 Å². The second kappa shape index (κ2) is 4.29. The molecule has 0 aromatic carbocycles. The summed E-state index contributed by atoms with van der Waals surface area (Å²) in [6.45, 7) is 3.24. The molecule has 0 unspecified atom stereocenters. The third-order valence-corrected chi connectivity index (χ3v) is 3.23. The molecule has 0 spiro atoms. The van der Waals surface area contributed by atoms with Gasteiger partial charge in [-0.1, -0.05) is 0 Å². The minimum atomic E-state index is -0.407. The van der Waals surface area contributed by atoms with Crippen LogP contribution in [-0.2, 0) is 11.3 Å². The molecule has 0 aliphatic carbocycles. The summed E-state index contributed by atoms with van der Waals surface area (Å²) in [5, 5.41) is 0. The molecule has 1 aromatic rings. The van der Waals surface area contributed by atoms with Crippen LogP contribution in [0.4, 0.5) is 0 Å². The van der Waals surface area contributed by atoms with Crippen LogP contribution in [0, 0.1) is 0 Å². The molecule has 16 heavy (non-hydrogen) atoms. The van der Waals surface area contributed by atoms with E-state index in [0.29, 0.717) is 5.76 Å². The van der Waals surface area contributed by atoms with Crippen molar-refractivity contribution in [3.05, 3.63) is 23.7 Å². The van der Waals surface area contributed by atoms with Gasteiger partial charge >= 0.3 is 5.97 Å².